The molecule has 2 rings (SSSR count). The zero-order valence-electron chi connectivity index (χ0n) is 9.56. The molecular formula is C9H10F3N5O. The second-order valence-electron chi connectivity index (χ2n) is 3.91. The fraction of sp³-hybridized carbons (Fsp3) is 0.444. The number of ether oxygens (including phenoxy) is 1. The lowest BCUT2D eigenvalue weighted by molar-refractivity contribution is -0.277. The van der Waals surface area contributed by atoms with Crippen LogP contribution in [0.4, 0.5) is 19.0 Å². The Balaban J connectivity index is 2.48. The molecule has 0 aromatic carbocycles. The molecule has 0 fully saturated rings. The highest BCUT2D eigenvalue weighted by Gasteiger charge is 2.33. The van der Waals surface area contributed by atoms with Crippen molar-refractivity contribution in [3.63, 3.8) is 0 Å². The van der Waals surface area contributed by atoms with Gasteiger partial charge in [-0.3, -0.25) is 0 Å². The third-order valence-electron chi connectivity index (χ3n) is 2.14. The average molecular weight is 261 g/mol. The minimum absolute atomic E-state index is 0.0297. The Labute approximate surface area is 99.6 Å². The summed E-state index contributed by atoms with van der Waals surface area (Å²) in [4.78, 5) is 7.57. The number of anilines is 1. The predicted octanol–water partition coefficient (Wildman–Crippen LogP) is 1.73. The van der Waals surface area contributed by atoms with Crippen LogP contribution in [0.25, 0.3) is 5.78 Å². The van der Waals surface area contributed by atoms with Crippen LogP contribution >= 0.6 is 0 Å². The maximum Gasteiger partial charge on any atom is 0.575 e. The Hall–Kier alpha value is -2.06. The second kappa shape index (κ2) is 4.00. The molecular weight excluding hydrogens is 251 g/mol. The summed E-state index contributed by atoms with van der Waals surface area (Å²) < 4.78 is 40.6. The lowest BCUT2D eigenvalue weighted by Gasteiger charge is -2.05. The molecule has 0 saturated carbocycles. The third-order valence-corrected chi connectivity index (χ3v) is 2.14. The molecule has 0 saturated heterocycles. The Morgan fingerprint density at radius 1 is 1.33 bits per heavy atom. The summed E-state index contributed by atoms with van der Waals surface area (Å²) >= 11 is 0. The minimum atomic E-state index is -4.85. The van der Waals surface area contributed by atoms with Crippen molar-refractivity contribution >= 4 is 11.6 Å². The number of rotatable bonds is 2. The molecule has 18 heavy (non-hydrogen) atoms. The molecule has 0 aliphatic heterocycles. The fourth-order valence-electron chi connectivity index (χ4n) is 1.33. The van der Waals surface area contributed by atoms with E-state index in [0.717, 1.165) is 4.52 Å². The van der Waals surface area contributed by atoms with Crippen LogP contribution in [0.15, 0.2) is 6.07 Å². The van der Waals surface area contributed by atoms with Crippen molar-refractivity contribution < 1.29 is 17.9 Å². The lowest BCUT2D eigenvalue weighted by atomic mass is 10.1. The highest BCUT2D eigenvalue weighted by Crippen LogP contribution is 2.22. The summed E-state index contributed by atoms with van der Waals surface area (Å²) in [5, 5.41) is 3.47. The smallest absolute Gasteiger partial charge is 0.383 e. The van der Waals surface area contributed by atoms with E-state index >= 15 is 0 Å². The van der Waals surface area contributed by atoms with Crippen LogP contribution < -0.4 is 10.5 Å². The van der Waals surface area contributed by atoms with E-state index in [2.05, 4.69) is 19.8 Å². The van der Waals surface area contributed by atoms with E-state index in [1.807, 2.05) is 13.8 Å². The van der Waals surface area contributed by atoms with Gasteiger partial charge in [-0.2, -0.15) is 9.50 Å². The predicted molar refractivity (Wildman–Crippen MR) is 56.0 cm³/mol. The summed E-state index contributed by atoms with van der Waals surface area (Å²) in [5.41, 5.74) is 6.27. The van der Waals surface area contributed by atoms with E-state index in [9.17, 15) is 13.2 Å². The zero-order valence-corrected chi connectivity index (χ0v) is 9.56. The van der Waals surface area contributed by atoms with Gasteiger partial charge in [-0.25, -0.2) is 4.98 Å². The Bertz CT molecular complexity index is 577. The molecule has 0 radical (unpaired) electrons. The largest absolute Gasteiger partial charge is 0.575 e. The highest BCUT2D eigenvalue weighted by molar-refractivity contribution is 5.43. The molecule has 0 bridgehead atoms. The molecule has 98 valence electrons. The van der Waals surface area contributed by atoms with Crippen LogP contribution in [0.3, 0.4) is 0 Å². The number of nitrogen functional groups attached to an aromatic ring is 1. The minimum Gasteiger partial charge on any atom is -0.383 e. The van der Waals surface area contributed by atoms with E-state index in [1.54, 1.807) is 0 Å². The molecule has 9 heteroatoms. The van der Waals surface area contributed by atoms with E-state index in [-0.39, 0.29) is 17.5 Å². The topological polar surface area (TPSA) is 78.3 Å². The summed E-state index contributed by atoms with van der Waals surface area (Å²) in [6.07, 6.45) is -4.85. The maximum absolute atomic E-state index is 12.0. The molecule has 2 aromatic heterocycles. The number of nitrogens with zero attached hydrogens (tertiary/aromatic N) is 4. The molecule has 0 atom stereocenters. The number of hydrogen-bond acceptors (Lipinski definition) is 5. The van der Waals surface area contributed by atoms with Crippen LogP contribution in [0.1, 0.15) is 25.5 Å². The van der Waals surface area contributed by atoms with Crippen molar-refractivity contribution in [2.45, 2.75) is 26.1 Å². The first-order valence-electron chi connectivity index (χ1n) is 5.05. The van der Waals surface area contributed by atoms with Gasteiger partial charge in [-0.05, 0) is 5.92 Å². The molecule has 2 N–H and O–H groups in total. The van der Waals surface area contributed by atoms with Gasteiger partial charge in [0, 0.05) is 6.07 Å². The van der Waals surface area contributed by atoms with Crippen molar-refractivity contribution in [1.29, 1.82) is 0 Å². The van der Waals surface area contributed by atoms with Crippen molar-refractivity contribution in [2.24, 2.45) is 0 Å². The standard InChI is InChI=1S/C9H10F3N5O/c1-4(2)5-3-6(13)17-7(14-5)15-8(16-17)18-9(10,11)12/h3-4H,13H2,1-2H3. The molecule has 0 unspecified atom stereocenters. The number of fused-ring (bicyclic) bond motifs is 1. The van der Waals surface area contributed by atoms with Crippen LogP contribution in [0.2, 0.25) is 0 Å². The molecule has 0 aliphatic carbocycles. The van der Waals surface area contributed by atoms with Crippen LogP contribution in [-0.4, -0.2) is 25.9 Å². The molecule has 2 heterocycles. The number of aromatic nitrogens is 4. The number of hydrogen-bond donors (Lipinski definition) is 1. The van der Waals surface area contributed by atoms with Crippen LogP contribution in [-0.2, 0) is 0 Å². The van der Waals surface area contributed by atoms with Crippen LogP contribution in [0.5, 0.6) is 6.01 Å². The van der Waals surface area contributed by atoms with E-state index in [0.29, 0.717) is 5.69 Å². The fourth-order valence-corrected chi connectivity index (χ4v) is 1.33. The van der Waals surface area contributed by atoms with E-state index in [4.69, 9.17) is 5.73 Å². The average Bonchev–Trinajstić information content (AvgIpc) is 2.57. The van der Waals surface area contributed by atoms with Gasteiger partial charge in [0.1, 0.15) is 5.82 Å². The van der Waals surface area contributed by atoms with Gasteiger partial charge in [0.25, 0.3) is 5.78 Å². The SMILES string of the molecule is CC(C)c1cc(N)n2nc(OC(F)(F)F)nc2n1. The maximum atomic E-state index is 12.0. The van der Waals surface area contributed by atoms with E-state index in [1.165, 1.54) is 6.07 Å². The lowest BCUT2D eigenvalue weighted by Crippen LogP contribution is -2.18. The number of alkyl halides is 3. The second-order valence-corrected chi connectivity index (χ2v) is 3.91. The van der Waals surface area contributed by atoms with Crippen molar-refractivity contribution in [3.8, 4) is 6.01 Å². The first kappa shape index (κ1) is 12.4. The quantitative estimate of drug-likeness (QED) is 0.890. The summed E-state index contributed by atoms with van der Waals surface area (Å²) in [6, 6.07) is 0.701. The Morgan fingerprint density at radius 3 is 2.56 bits per heavy atom. The summed E-state index contributed by atoms with van der Waals surface area (Å²) in [6.45, 7) is 3.75. The Kier molecular flexibility index (Phi) is 2.76. The summed E-state index contributed by atoms with van der Waals surface area (Å²) in [5.74, 6) is 0.187. The molecule has 0 aliphatic rings. The van der Waals surface area contributed by atoms with Gasteiger partial charge < -0.3 is 10.5 Å². The van der Waals surface area contributed by atoms with Gasteiger partial charge in [0.05, 0.1) is 5.69 Å². The van der Waals surface area contributed by atoms with Gasteiger partial charge in [0.2, 0.25) is 0 Å². The monoisotopic (exact) mass is 261 g/mol. The molecule has 6 nitrogen and oxygen atoms in total. The Morgan fingerprint density at radius 2 is 2.00 bits per heavy atom. The molecule has 0 spiro atoms. The van der Waals surface area contributed by atoms with Gasteiger partial charge >= 0.3 is 12.4 Å². The van der Waals surface area contributed by atoms with Gasteiger partial charge in [-0.15, -0.1) is 18.3 Å². The molecule has 2 aromatic rings. The number of halogens is 3. The highest BCUT2D eigenvalue weighted by atomic mass is 19.4. The van der Waals surface area contributed by atoms with Crippen molar-refractivity contribution in [1.82, 2.24) is 19.6 Å². The van der Waals surface area contributed by atoms with Gasteiger partial charge in [-0.1, -0.05) is 13.8 Å². The number of nitrogens with two attached hydrogens (primary N) is 1. The summed E-state index contributed by atoms with van der Waals surface area (Å²) in [7, 11) is 0. The normalized spacial score (nSPS) is 12.3. The van der Waals surface area contributed by atoms with Gasteiger partial charge in [0.15, 0.2) is 0 Å². The third kappa shape index (κ3) is 2.44. The van der Waals surface area contributed by atoms with Crippen LogP contribution in [0, 0.1) is 0 Å². The zero-order chi connectivity index (χ0) is 13.5. The molecule has 0 amide bonds. The first-order chi connectivity index (χ1) is 8.26. The van der Waals surface area contributed by atoms with Crippen molar-refractivity contribution in [2.75, 3.05) is 5.73 Å². The first-order valence-corrected chi connectivity index (χ1v) is 5.05. The van der Waals surface area contributed by atoms with E-state index < -0.39 is 12.4 Å². The van der Waals surface area contributed by atoms with Crippen molar-refractivity contribution in [3.05, 3.63) is 11.8 Å².